The van der Waals surface area contributed by atoms with E-state index in [0.717, 1.165) is 25.9 Å². The Labute approximate surface area is 188 Å². The summed E-state index contributed by atoms with van der Waals surface area (Å²) in [5, 5.41) is 4.37. The van der Waals surface area contributed by atoms with Crippen LogP contribution in [0.5, 0.6) is 0 Å². The fourth-order valence-corrected chi connectivity index (χ4v) is 5.11. The van der Waals surface area contributed by atoms with Crippen LogP contribution in [-0.4, -0.2) is 57.1 Å². The molecule has 31 heavy (non-hydrogen) atoms. The van der Waals surface area contributed by atoms with Crippen molar-refractivity contribution < 1.29 is 4.79 Å². The van der Waals surface area contributed by atoms with Crippen molar-refractivity contribution in [2.45, 2.75) is 64.1 Å². The van der Waals surface area contributed by atoms with Gasteiger partial charge in [-0.05, 0) is 44.9 Å². The number of nitrogens with one attached hydrogen (secondary N) is 1. The molecule has 1 aliphatic carbocycles. The second-order valence-electron chi connectivity index (χ2n) is 8.99. The first-order valence-electron chi connectivity index (χ1n) is 11.3. The molecule has 1 aromatic carbocycles. The van der Waals surface area contributed by atoms with Crippen molar-refractivity contribution in [2.24, 2.45) is 7.05 Å². The van der Waals surface area contributed by atoms with Gasteiger partial charge in [-0.2, -0.15) is 0 Å². The molecule has 2 heterocycles. The number of fused-ring (bicyclic) bond motifs is 1. The second kappa shape index (κ2) is 9.17. The van der Waals surface area contributed by atoms with Crippen molar-refractivity contribution in [3.05, 3.63) is 39.4 Å². The van der Waals surface area contributed by atoms with Crippen molar-refractivity contribution in [1.82, 2.24) is 24.7 Å². The number of amides is 2. The monoisotopic (exact) mass is 445 g/mol. The number of urea groups is 1. The number of halogens is 1. The molecule has 1 N–H and O–H groups in total. The third-order valence-corrected chi connectivity index (χ3v) is 7.08. The molecule has 2 aromatic rings. The Hall–Kier alpha value is -2.12. The molecular weight excluding hydrogens is 414 g/mol. The molecule has 1 saturated heterocycles. The number of nitrogens with zero attached hydrogens (tertiary/aromatic N) is 4. The molecule has 0 bridgehead atoms. The van der Waals surface area contributed by atoms with Crippen LogP contribution in [0.1, 0.15) is 57.8 Å². The Bertz CT molecular complexity index is 1020. The average molecular weight is 446 g/mol. The summed E-state index contributed by atoms with van der Waals surface area (Å²) in [6.07, 6.45) is 5.85. The molecule has 168 valence electrons. The van der Waals surface area contributed by atoms with Crippen LogP contribution in [0.2, 0.25) is 5.02 Å². The zero-order valence-corrected chi connectivity index (χ0v) is 19.4. The topological polar surface area (TPSA) is 70.5 Å². The lowest BCUT2D eigenvalue weighted by atomic mass is 9.96. The van der Waals surface area contributed by atoms with Crippen LogP contribution in [0, 0.1) is 0 Å². The number of aromatic nitrogens is 2. The Balaban J connectivity index is 1.47. The van der Waals surface area contributed by atoms with Crippen molar-refractivity contribution in [3.8, 4) is 0 Å². The molecule has 4 rings (SSSR count). The highest BCUT2D eigenvalue weighted by Crippen LogP contribution is 2.24. The molecule has 2 fully saturated rings. The highest BCUT2D eigenvalue weighted by atomic mass is 35.5. The molecule has 2 aliphatic rings. The van der Waals surface area contributed by atoms with E-state index in [1.54, 1.807) is 29.8 Å². The van der Waals surface area contributed by atoms with Gasteiger partial charge in [-0.25, -0.2) is 9.78 Å². The number of piperazine rings is 1. The fraction of sp³-hybridized carbons (Fsp3) is 0.609. The van der Waals surface area contributed by atoms with E-state index in [0.29, 0.717) is 34.3 Å². The Kier molecular flexibility index (Phi) is 6.53. The van der Waals surface area contributed by atoms with Crippen molar-refractivity contribution in [2.75, 3.05) is 19.6 Å². The van der Waals surface area contributed by atoms with E-state index in [-0.39, 0.29) is 23.7 Å². The molecule has 1 aliphatic heterocycles. The van der Waals surface area contributed by atoms with Gasteiger partial charge in [-0.15, -0.1) is 0 Å². The molecule has 1 aromatic heterocycles. The quantitative estimate of drug-likeness (QED) is 0.782. The maximum absolute atomic E-state index is 12.8. The summed E-state index contributed by atoms with van der Waals surface area (Å²) >= 11 is 6.12. The van der Waals surface area contributed by atoms with Gasteiger partial charge in [0.2, 0.25) is 0 Å². The number of hydrogen-bond donors (Lipinski definition) is 1. The summed E-state index contributed by atoms with van der Waals surface area (Å²) in [6, 6.07) is 5.60. The molecule has 2 unspecified atom stereocenters. The summed E-state index contributed by atoms with van der Waals surface area (Å²) in [6.45, 7) is 6.31. The minimum atomic E-state index is -0.0675. The minimum Gasteiger partial charge on any atom is -0.335 e. The molecule has 0 spiro atoms. The molecule has 7 nitrogen and oxygen atoms in total. The van der Waals surface area contributed by atoms with Gasteiger partial charge in [0.1, 0.15) is 5.82 Å². The van der Waals surface area contributed by atoms with Gasteiger partial charge in [0.15, 0.2) is 0 Å². The van der Waals surface area contributed by atoms with Gasteiger partial charge >= 0.3 is 6.03 Å². The van der Waals surface area contributed by atoms with Crippen LogP contribution in [0.15, 0.2) is 23.0 Å². The van der Waals surface area contributed by atoms with Gasteiger partial charge in [-0.1, -0.05) is 30.9 Å². The van der Waals surface area contributed by atoms with Crippen LogP contribution in [0.4, 0.5) is 4.79 Å². The summed E-state index contributed by atoms with van der Waals surface area (Å²) in [7, 11) is 1.77. The van der Waals surface area contributed by atoms with Crippen molar-refractivity contribution in [1.29, 1.82) is 0 Å². The third kappa shape index (κ3) is 4.58. The van der Waals surface area contributed by atoms with E-state index < -0.39 is 0 Å². The van der Waals surface area contributed by atoms with Crippen LogP contribution in [0.25, 0.3) is 10.9 Å². The zero-order valence-electron chi connectivity index (χ0n) is 18.6. The first kappa shape index (κ1) is 22.1. The first-order chi connectivity index (χ1) is 14.8. The largest absolute Gasteiger partial charge is 0.335 e. The Morgan fingerprint density at radius 1 is 1.23 bits per heavy atom. The number of rotatable bonds is 3. The second-order valence-corrected chi connectivity index (χ2v) is 9.43. The van der Waals surface area contributed by atoms with Crippen LogP contribution in [-0.2, 0) is 7.05 Å². The van der Waals surface area contributed by atoms with Crippen LogP contribution < -0.4 is 10.9 Å². The number of hydrogen-bond acceptors (Lipinski definition) is 4. The zero-order chi connectivity index (χ0) is 22.1. The van der Waals surface area contributed by atoms with Gasteiger partial charge in [0.05, 0.1) is 16.9 Å². The highest BCUT2D eigenvalue weighted by Gasteiger charge is 2.32. The van der Waals surface area contributed by atoms with Gasteiger partial charge in [-0.3, -0.25) is 14.3 Å². The third-order valence-electron chi connectivity index (χ3n) is 6.85. The molecule has 1 saturated carbocycles. The van der Waals surface area contributed by atoms with Gasteiger partial charge < -0.3 is 10.2 Å². The Morgan fingerprint density at radius 2 is 1.97 bits per heavy atom. The first-order valence-corrected chi connectivity index (χ1v) is 11.7. The van der Waals surface area contributed by atoms with Crippen LogP contribution in [0.3, 0.4) is 0 Å². The minimum absolute atomic E-state index is 0.0490. The smallest absolute Gasteiger partial charge is 0.317 e. The molecule has 2 amide bonds. The van der Waals surface area contributed by atoms with Crippen molar-refractivity contribution in [3.63, 3.8) is 0 Å². The maximum Gasteiger partial charge on any atom is 0.317 e. The average Bonchev–Trinajstić information content (AvgIpc) is 2.76. The lowest BCUT2D eigenvalue weighted by Gasteiger charge is -2.42. The lowest BCUT2D eigenvalue weighted by molar-refractivity contribution is 0.0732. The SMILES string of the molecule is CC(c1nc2cc(Cl)ccc2c(=O)n1C)N1CCN(C(=O)NC2CCCCC2)C(C)C1. The number of carbonyl (C=O) groups is 1. The standard InChI is InChI=1S/C23H32ClN5O2/c1-15-14-28(11-12-29(15)23(31)25-18-7-5-4-6-8-18)16(2)21-26-20-13-17(24)9-10-19(20)22(30)27(21)3/h9-10,13,15-16,18H,4-8,11-12,14H2,1-3H3,(H,25,31). The van der Waals surface area contributed by atoms with E-state index in [1.807, 2.05) is 4.90 Å². The molecule has 8 heteroatoms. The van der Waals surface area contributed by atoms with E-state index in [2.05, 4.69) is 24.1 Å². The van der Waals surface area contributed by atoms with Crippen molar-refractivity contribution >= 4 is 28.5 Å². The van der Waals surface area contributed by atoms with Gasteiger partial charge in [0.25, 0.3) is 5.56 Å². The maximum atomic E-state index is 12.8. The normalized spacial score (nSPS) is 21.9. The summed E-state index contributed by atoms with van der Waals surface area (Å²) < 4.78 is 1.63. The summed E-state index contributed by atoms with van der Waals surface area (Å²) in [4.78, 5) is 34.7. The van der Waals surface area contributed by atoms with Gasteiger partial charge in [0, 0.05) is 43.8 Å². The Morgan fingerprint density at radius 3 is 2.68 bits per heavy atom. The van der Waals surface area contributed by atoms with E-state index in [4.69, 9.17) is 16.6 Å². The predicted molar refractivity (Wildman–Crippen MR) is 124 cm³/mol. The number of benzene rings is 1. The molecule has 2 atom stereocenters. The molecule has 0 radical (unpaired) electrons. The summed E-state index contributed by atoms with van der Waals surface area (Å²) in [5.74, 6) is 0.715. The van der Waals surface area contributed by atoms with E-state index in [1.165, 1.54) is 19.3 Å². The van der Waals surface area contributed by atoms with E-state index in [9.17, 15) is 9.59 Å². The van der Waals surface area contributed by atoms with E-state index >= 15 is 0 Å². The number of carbonyl (C=O) groups excluding carboxylic acids is 1. The fourth-order valence-electron chi connectivity index (χ4n) is 4.94. The molecular formula is C23H32ClN5O2. The summed E-state index contributed by atoms with van der Waals surface area (Å²) in [5.41, 5.74) is 0.554. The predicted octanol–water partition coefficient (Wildman–Crippen LogP) is 3.70. The highest BCUT2D eigenvalue weighted by molar-refractivity contribution is 6.31. The lowest BCUT2D eigenvalue weighted by Crippen LogP contribution is -2.58. The van der Waals surface area contributed by atoms with Crippen LogP contribution >= 0.6 is 11.6 Å².